The lowest BCUT2D eigenvalue weighted by molar-refractivity contribution is -0.120. The number of para-hydroxylation sites is 3. The number of hydrogen-bond acceptors (Lipinski definition) is 4. The fraction of sp³-hybridized carbons (Fsp3) is 0.381. The number of hydrogen-bond donors (Lipinski definition) is 1. The number of amides is 1. The third-order valence-electron chi connectivity index (χ3n) is 4.77. The predicted octanol–water partition coefficient (Wildman–Crippen LogP) is 2.96. The van der Waals surface area contributed by atoms with E-state index in [1.54, 1.807) is 6.07 Å². The van der Waals surface area contributed by atoms with Crippen LogP contribution in [0.5, 0.6) is 5.75 Å². The Morgan fingerprint density at radius 1 is 1.00 bits per heavy atom. The molecule has 1 N–H and O–H groups in total. The monoisotopic (exact) mass is 353 g/mol. The first-order valence-electron chi connectivity index (χ1n) is 9.18. The van der Waals surface area contributed by atoms with Crippen molar-refractivity contribution in [3.05, 3.63) is 54.6 Å². The second-order valence-corrected chi connectivity index (χ2v) is 6.94. The van der Waals surface area contributed by atoms with Crippen LogP contribution in [0.1, 0.15) is 13.8 Å². The molecule has 2 aromatic rings. The van der Waals surface area contributed by atoms with E-state index in [0.717, 1.165) is 37.6 Å². The minimum absolute atomic E-state index is 0.118. The highest BCUT2D eigenvalue weighted by Gasteiger charge is 2.24. The summed E-state index contributed by atoms with van der Waals surface area (Å²) >= 11 is 0. The molecule has 0 radical (unpaired) electrons. The average Bonchev–Trinajstić information content (AvgIpc) is 2.64. The lowest BCUT2D eigenvalue weighted by atomic mass is 10.2. The van der Waals surface area contributed by atoms with Gasteiger partial charge in [0.15, 0.2) is 0 Å². The van der Waals surface area contributed by atoms with Crippen LogP contribution in [0.2, 0.25) is 0 Å². The van der Waals surface area contributed by atoms with Gasteiger partial charge in [-0.25, -0.2) is 0 Å². The maximum atomic E-state index is 12.9. The first kappa shape index (κ1) is 18.3. The van der Waals surface area contributed by atoms with Gasteiger partial charge >= 0.3 is 0 Å². The van der Waals surface area contributed by atoms with Gasteiger partial charge in [-0.1, -0.05) is 30.3 Å². The van der Waals surface area contributed by atoms with E-state index in [4.69, 9.17) is 0 Å². The van der Waals surface area contributed by atoms with Gasteiger partial charge in [-0.15, -0.1) is 0 Å². The quantitative estimate of drug-likeness (QED) is 0.898. The first-order chi connectivity index (χ1) is 12.6. The van der Waals surface area contributed by atoms with Crippen molar-refractivity contribution in [1.82, 2.24) is 4.90 Å². The molecule has 0 bridgehead atoms. The molecule has 0 unspecified atom stereocenters. The van der Waals surface area contributed by atoms with Crippen molar-refractivity contribution in [2.75, 3.05) is 42.5 Å². The zero-order valence-electron chi connectivity index (χ0n) is 15.5. The molecule has 1 fully saturated rings. The summed E-state index contributed by atoms with van der Waals surface area (Å²) in [5.41, 5.74) is 1.81. The fourth-order valence-corrected chi connectivity index (χ4v) is 3.46. The van der Waals surface area contributed by atoms with Crippen LogP contribution in [-0.4, -0.2) is 54.7 Å². The second-order valence-electron chi connectivity index (χ2n) is 6.94. The van der Waals surface area contributed by atoms with Crippen molar-refractivity contribution in [1.29, 1.82) is 0 Å². The highest BCUT2D eigenvalue weighted by Crippen LogP contribution is 2.27. The Hall–Kier alpha value is -2.53. The fourth-order valence-electron chi connectivity index (χ4n) is 3.46. The standard InChI is InChI=1S/C21H27N3O2/c1-17(2)24(18-8-4-3-5-9-18)21(26)16-22-12-14-23(15-13-22)19-10-6-7-11-20(19)25/h3-11,17,25H,12-16H2,1-2H3. The van der Waals surface area contributed by atoms with Crippen LogP contribution >= 0.6 is 0 Å². The van der Waals surface area contributed by atoms with Gasteiger partial charge in [-0.3, -0.25) is 9.69 Å². The Morgan fingerprint density at radius 2 is 1.62 bits per heavy atom. The zero-order valence-corrected chi connectivity index (χ0v) is 15.5. The largest absolute Gasteiger partial charge is 0.506 e. The van der Waals surface area contributed by atoms with E-state index < -0.39 is 0 Å². The zero-order chi connectivity index (χ0) is 18.5. The summed E-state index contributed by atoms with van der Waals surface area (Å²) in [5.74, 6) is 0.439. The summed E-state index contributed by atoms with van der Waals surface area (Å²) in [4.78, 5) is 19.1. The normalized spacial score (nSPS) is 15.3. The minimum Gasteiger partial charge on any atom is -0.506 e. The van der Waals surface area contributed by atoms with Crippen LogP contribution < -0.4 is 9.80 Å². The lowest BCUT2D eigenvalue weighted by Crippen LogP contribution is -2.51. The van der Waals surface area contributed by atoms with Crippen molar-refractivity contribution >= 4 is 17.3 Å². The minimum atomic E-state index is 0.118. The number of phenolic OH excluding ortho intramolecular Hbond substituents is 1. The van der Waals surface area contributed by atoms with E-state index in [1.807, 2.05) is 67.3 Å². The number of carbonyl (C=O) groups is 1. The number of nitrogens with zero attached hydrogens (tertiary/aromatic N) is 3. The Balaban J connectivity index is 1.60. The van der Waals surface area contributed by atoms with Crippen molar-refractivity contribution in [2.45, 2.75) is 19.9 Å². The molecule has 0 atom stereocenters. The van der Waals surface area contributed by atoms with Crippen LogP contribution in [0, 0.1) is 0 Å². The molecule has 0 spiro atoms. The van der Waals surface area contributed by atoms with Gasteiger partial charge in [-0.05, 0) is 38.1 Å². The molecule has 1 aliphatic heterocycles. The number of carbonyl (C=O) groups excluding carboxylic acids is 1. The smallest absolute Gasteiger partial charge is 0.241 e. The Morgan fingerprint density at radius 3 is 2.23 bits per heavy atom. The number of piperazine rings is 1. The van der Waals surface area contributed by atoms with Gasteiger partial charge < -0.3 is 14.9 Å². The summed E-state index contributed by atoms with van der Waals surface area (Å²) in [6.45, 7) is 7.72. The van der Waals surface area contributed by atoms with Crippen molar-refractivity contribution in [3.8, 4) is 5.75 Å². The summed E-state index contributed by atoms with van der Waals surface area (Å²) in [6.07, 6.45) is 0. The van der Waals surface area contributed by atoms with E-state index in [0.29, 0.717) is 12.3 Å². The van der Waals surface area contributed by atoms with Gasteiger partial charge in [0.05, 0.1) is 12.2 Å². The van der Waals surface area contributed by atoms with Crippen LogP contribution in [0.15, 0.2) is 54.6 Å². The molecule has 1 heterocycles. The second kappa shape index (κ2) is 8.23. The summed E-state index contributed by atoms with van der Waals surface area (Å²) in [5, 5.41) is 10.0. The van der Waals surface area contributed by atoms with Gasteiger partial charge in [0.1, 0.15) is 5.75 Å². The average molecular weight is 353 g/mol. The van der Waals surface area contributed by atoms with Crippen LogP contribution in [-0.2, 0) is 4.79 Å². The number of rotatable bonds is 5. The van der Waals surface area contributed by atoms with Crippen molar-refractivity contribution in [3.63, 3.8) is 0 Å². The molecule has 5 nitrogen and oxygen atoms in total. The van der Waals surface area contributed by atoms with Crippen LogP contribution in [0.3, 0.4) is 0 Å². The Labute approximate surface area is 155 Å². The van der Waals surface area contributed by atoms with E-state index in [1.165, 1.54) is 0 Å². The van der Waals surface area contributed by atoms with E-state index in [9.17, 15) is 9.90 Å². The number of benzene rings is 2. The SMILES string of the molecule is CC(C)N(C(=O)CN1CCN(c2ccccc2O)CC1)c1ccccc1. The molecular weight excluding hydrogens is 326 g/mol. The molecule has 2 aromatic carbocycles. The maximum absolute atomic E-state index is 12.9. The molecule has 5 heteroatoms. The molecule has 0 aliphatic carbocycles. The topological polar surface area (TPSA) is 47.0 Å². The Bertz CT molecular complexity index is 725. The third-order valence-corrected chi connectivity index (χ3v) is 4.77. The number of phenols is 1. The Kier molecular flexibility index (Phi) is 5.78. The molecule has 1 amide bonds. The molecule has 3 rings (SSSR count). The van der Waals surface area contributed by atoms with Crippen molar-refractivity contribution < 1.29 is 9.90 Å². The summed E-state index contributed by atoms with van der Waals surface area (Å²) in [6, 6.07) is 17.4. The molecule has 1 aliphatic rings. The van der Waals surface area contributed by atoms with Gasteiger partial charge in [0.2, 0.25) is 5.91 Å². The van der Waals surface area contributed by atoms with Gasteiger partial charge in [0, 0.05) is 37.9 Å². The number of anilines is 2. The predicted molar refractivity (Wildman–Crippen MR) is 106 cm³/mol. The first-order valence-corrected chi connectivity index (χ1v) is 9.18. The molecular formula is C21H27N3O2. The molecule has 138 valence electrons. The highest BCUT2D eigenvalue weighted by atomic mass is 16.3. The summed E-state index contributed by atoms with van der Waals surface area (Å²) in [7, 11) is 0. The van der Waals surface area contributed by atoms with E-state index >= 15 is 0 Å². The molecule has 0 saturated carbocycles. The van der Waals surface area contributed by atoms with Crippen LogP contribution in [0.25, 0.3) is 0 Å². The summed E-state index contributed by atoms with van der Waals surface area (Å²) < 4.78 is 0. The lowest BCUT2D eigenvalue weighted by Gasteiger charge is -2.37. The highest BCUT2D eigenvalue weighted by molar-refractivity contribution is 5.95. The molecule has 26 heavy (non-hydrogen) atoms. The van der Waals surface area contributed by atoms with Gasteiger partial charge in [-0.2, -0.15) is 0 Å². The maximum Gasteiger partial charge on any atom is 0.241 e. The van der Waals surface area contributed by atoms with E-state index in [-0.39, 0.29) is 11.9 Å². The third kappa shape index (κ3) is 4.17. The molecule has 1 saturated heterocycles. The molecule has 0 aromatic heterocycles. The van der Waals surface area contributed by atoms with E-state index in [2.05, 4.69) is 9.80 Å². The van der Waals surface area contributed by atoms with Crippen molar-refractivity contribution in [2.24, 2.45) is 0 Å². The van der Waals surface area contributed by atoms with Gasteiger partial charge in [0.25, 0.3) is 0 Å². The number of aromatic hydroxyl groups is 1. The van der Waals surface area contributed by atoms with Crippen LogP contribution in [0.4, 0.5) is 11.4 Å².